The average Bonchev–Trinajstić information content (AvgIpc) is 2.53. The summed E-state index contributed by atoms with van der Waals surface area (Å²) in [5.74, 6) is 0.792. The van der Waals surface area contributed by atoms with Gasteiger partial charge in [0.1, 0.15) is 0 Å². The fourth-order valence-electron chi connectivity index (χ4n) is 1.83. The number of rotatable bonds is 10. The van der Waals surface area contributed by atoms with E-state index in [4.69, 9.17) is 21.1 Å². The SMILES string of the molecule is CN=C(NCCCCOCCOC)NCc1cccc(Cl)c1.I. The molecule has 0 unspecified atom stereocenters. The molecule has 0 saturated heterocycles. The molecule has 0 saturated carbocycles. The van der Waals surface area contributed by atoms with Crippen LogP contribution in [0.25, 0.3) is 0 Å². The van der Waals surface area contributed by atoms with Crippen molar-refractivity contribution in [2.75, 3.05) is 40.5 Å². The molecule has 2 N–H and O–H groups in total. The van der Waals surface area contributed by atoms with E-state index < -0.39 is 0 Å². The highest BCUT2D eigenvalue weighted by atomic mass is 127. The Hall–Kier alpha value is -0.570. The predicted octanol–water partition coefficient (Wildman–Crippen LogP) is 3.07. The van der Waals surface area contributed by atoms with Crippen LogP contribution in [0.2, 0.25) is 5.02 Å². The normalized spacial score (nSPS) is 11.0. The van der Waals surface area contributed by atoms with Gasteiger partial charge in [-0.3, -0.25) is 4.99 Å². The lowest BCUT2D eigenvalue weighted by Gasteiger charge is -2.12. The van der Waals surface area contributed by atoms with Gasteiger partial charge in [-0.15, -0.1) is 24.0 Å². The van der Waals surface area contributed by atoms with Crippen LogP contribution in [0, 0.1) is 0 Å². The lowest BCUT2D eigenvalue weighted by atomic mass is 10.2. The minimum Gasteiger partial charge on any atom is -0.382 e. The van der Waals surface area contributed by atoms with Crippen molar-refractivity contribution in [1.82, 2.24) is 10.6 Å². The van der Waals surface area contributed by atoms with Gasteiger partial charge in [-0.25, -0.2) is 0 Å². The fraction of sp³-hybridized carbons (Fsp3) is 0.562. The van der Waals surface area contributed by atoms with Gasteiger partial charge in [0, 0.05) is 38.9 Å². The van der Waals surface area contributed by atoms with E-state index in [1.54, 1.807) is 14.2 Å². The van der Waals surface area contributed by atoms with Gasteiger partial charge in [0.2, 0.25) is 0 Å². The highest BCUT2D eigenvalue weighted by Crippen LogP contribution is 2.10. The van der Waals surface area contributed by atoms with Crippen LogP contribution in [0.4, 0.5) is 0 Å². The Kier molecular flexibility index (Phi) is 14.6. The second-order valence-corrected chi connectivity index (χ2v) is 5.23. The Morgan fingerprint density at radius 3 is 2.70 bits per heavy atom. The molecule has 1 aromatic rings. The quantitative estimate of drug-likeness (QED) is 0.246. The van der Waals surface area contributed by atoms with E-state index in [9.17, 15) is 0 Å². The monoisotopic (exact) mass is 455 g/mol. The number of aliphatic imine (C=N–C) groups is 1. The lowest BCUT2D eigenvalue weighted by Crippen LogP contribution is -2.37. The first-order valence-electron chi connectivity index (χ1n) is 7.52. The lowest BCUT2D eigenvalue weighted by molar-refractivity contribution is 0.0689. The molecule has 0 aliphatic rings. The summed E-state index contributed by atoms with van der Waals surface area (Å²) in [6.45, 7) is 3.63. The molecule has 0 fully saturated rings. The highest BCUT2D eigenvalue weighted by Gasteiger charge is 1.99. The van der Waals surface area contributed by atoms with Crippen molar-refractivity contribution in [3.05, 3.63) is 34.9 Å². The van der Waals surface area contributed by atoms with Gasteiger partial charge in [0.15, 0.2) is 5.96 Å². The predicted molar refractivity (Wildman–Crippen MR) is 107 cm³/mol. The van der Waals surface area contributed by atoms with E-state index in [2.05, 4.69) is 15.6 Å². The van der Waals surface area contributed by atoms with Crippen LogP contribution >= 0.6 is 35.6 Å². The van der Waals surface area contributed by atoms with Gasteiger partial charge < -0.3 is 20.1 Å². The van der Waals surface area contributed by atoms with E-state index in [0.29, 0.717) is 19.8 Å². The number of ether oxygens (including phenoxy) is 2. The standard InChI is InChI=1S/C16H26ClN3O2.HI/c1-18-16(19-8-3-4-9-22-11-10-21-2)20-13-14-6-5-7-15(17)12-14;/h5-7,12H,3-4,8-11,13H2,1-2H3,(H2,18,19,20);1H. The van der Waals surface area contributed by atoms with Gasteiger partial charge >= 0.3 is 0 Å². The fourth-order valence-corrected chi connectivity index (χ4v) is 2.05. The van der Waals surface area contributed by atoms with Crippen LogP contribution in [0.5, 0.6) is 0 Å². The molecule has 0 radical (unpaired) electrons. The molecular formula is C16H27ClIN3O2. The van der Waals surface area contributed by atoms with Crippen molar-refractivity contribution < 1.29 is 9.47 Å². The third kappa shape index (κ3) is 11.6. The minimum absolute atomic E-state index is 0. The Morgan fingerprint density at radius 2 is 2.00 bits per heavy atom. The summed E-state index contributed by atoms with van der Waals surface area (Å²) in [6.07, 6.45) is 2.05. The van der Waals surface area contributed by atoms with Crippen LogP contribution in [0.15, 0.2) is 29.3 Å². The summed E-state index contributed by atoms with van der Waals surface area (Å²) in [5, 5.41) is 7.29. The summed E-state index contributed by atoms with van der Waals surface area (Å²) in [4.78, 5) is 4.20. The maximum Gasteiger partial charge on any atom is 0.191 e. The third-order valence-electron chi connectivity index (χ3n) is 3.01. The Morgan fingerprint density at radius 1 is 1.17 bits per heavy atom. The molecule has 0 aliphatic carbocycles. The number of methoxy groups -OCH3 is 1. The Balaban J connectivity index is 0.00000484. The molecule has 0 bridgehead atoms. The third-order valence-corrected chi connectivity index (χ3v) is 3.25. The molecule has 1 aromatic carbocycles. The van der Waals surface area contributed by atoms with Crippen molar-refractivity contribution in [3.63, 3.8) is 0 Å². The molecule has 0 heterocycles. The van der Waals surface area contributed by atoms with E-state index in [0.717, 1.165) is 42.5 Å². The Labute approximate surface area is 161 Å². The van der Waals surface area contributed by atoms with Crippen LogP contribution < -0.4 is 10.6 Å². The van der Waals surface area contributed by atoms with Gasteiger partial charge in [-0.05, 0) is 30.5 Å². The molecule has 0 aliphatic heterocycles. The molecule has 132 valence electrons. The minimum atomic E-state index is 0. The molecule has 23 heavy (non-hydrogen) atoms. The highest BCUT2D eigenvalue weighted by molar-refractivity contribution is 14.0. The molecule has 0 aromatic heterocycles. The zero-order chi connectivity index (χ0) is 16.0. The van der Waals surface area contributed by atoms with Crippen LogP contribution in [0.1, 0.15) is 18.4 Å². The summed E-state index contributed by atoms with van der Waals surface area (Å²) < 4.78 is 10.3. The van der Waals surface area contributed by atoms with E-state index in [1.807, 2.05) is 24.3 Å². The molecule has 1 rings (SSSR count). The second kappa shape index (κ2) is 15.0. The first-order chi connectivity index (χ1) is 10.8. The van der Waals surface area contributed by atoms with Crippen molar-refractivity contribution in [2.24, 2.45) is 4.99 Å². The molecular weight excluding hydrogens is 429 g/mol. The first kappa shape index (κ1) is 22.4. The number of guanidine groups is 1. The van der Waals surface area contributed by atoms with E-state index in [1.165, 1.54) is 0 Å². The summed E-state index contributed by atoms with van der Waals surface area (Å²) >= 11 is 5.96. The van der Waals surface area contributed by atoms with Crippen molar-refractivity contribution in [3.8, 4) is 0 Å². The molecule has 0 spiro atoms. The first-order valence-corrected chi connectivity index (χ1v) is 7.89. The molecule has 7 heteroatoms. The van der Waals surface area contributed by atoms with Crippen molar-refractivity contribution in [2.45, 2.75) is 19.4 Å². The number of nitrogens with one attached hydrogen (secondary N) is 2. The van der Waals surface area contributed by atoms with Crippen LogP contribution in [-0.2, 0) is 16.0 Å². The van der Waals surface area contributed by atoms with Crippen molar-refractivity contribution in [1.29, 1.82) is 0 Å². The number of unbranched alkanes of at least 4 members (excludes halogenated alkanes) is 1. The maximum atomic E-state index is 5.96. The van der Waals surface area contributed by atoms with E-state index >= 15 is 0 Å². The summed E-state index contributed by atoms with van der Waals surface area (Å²) in [5.41, 5.74) is 1.13. The van der Waals surface area contributed by atoms with Gasteiger partial charge in [0.05, 0.1) is 13.2 Å². The van der Waals surface area contributed by atoms with E-state index in [-0.39, 0.29) is 24.0 Å². The number of halogens is 2. The zero-order valence-corrected chi connectivity index (χ0v) is 16.9. The van der Waals surface area contributed by atoms with Crippen LogP contribution in [0.3, 0.4) is 0 Å². The number of hydrogen-bond acceptors (Lipinski definition) is 3. The van der Waals surface area contributed by atoms with Gasteiger partial charge in [0.25, 0.3) is 0 Å². The van der Waals surface area contributed by atoms with Crippen molar-refractivity contribution >= 4 is 41.5 Å². The summed E-state index contributed by atoms with van der Waals surface area (Å²) in [6, 6.07) is 7.79. The molecule has 0 amide bonds. The van der Waals surface area contributed by atoms with Crippen LogP contribution in [-0.4, -0.2) is 46.5 Å². The molecule has 5 nitrogen and oxygen atoms in total. The topological polar surface area (TPSA) is 54.9 Å². The largest absolute Gasteiger partial charge is 0.382 e. The summed E-state index contributed by atoms with van der Waals surface area (Å²) in [7, 11) is 3.44. The number of benzene rings is 1. The number of nitrogens with zero attached hydrogens (tertiary/aromatic N) is 1. The molecule has 0 atom stereocenters. The average molecular weight is 456 g/mol. The van der Waals surface area contributed by atoms with Gasteiger partial charge in [-0.2, -0.15) is 0 Å². The number of hydrogen-bond donors (Lipinski definition) is 2. The van der Waals surface area contributed by atoms with Gasteiger partial charge in [-0.1, -0.05) is 23.7 Å². The zero-order valence-electron chi connectivity index (χ0n) is 13.8. The maximum absolute atomic E-state index is 5.96. The second-order valence-electron chi connectivity index (χ2n) is 4.79. The smallest absolute Gasteiger partial charge is 0.191 e. The Bertz CT molecular complexity index is 447.